The van der Waals surface area contributed by atoms with Crippen LogP contribution in [-0.4, -0.2) is 49.7 Å². The molecule has 2 fully saturated rings. The molecule has 1 aromatic rings. The fourth-order valence-corrected chi connectivity index (χ4v) is 2.92. The van der Waals surface area contributed by atoms with E-state index >= 15 is 0 Å². The van der Waals surface area contributed by atoms with Gasteiger partial charge in [0.15, 0.2) is 0 Å². The van der Waals surface area contributed by atoms with Crippen molar-refractivity contribution in [2.75, 3.05) is 33.4 Å². The van der Waals surface area contributed by atoms with Crippen LogP contribution in [0.1, 0.15) is 31.2 Å². The van der Waals surface area contributed by atoms with Crippen molar-refractivity contribution in [3.05, 3.63) is 46.5 Å². The van der Waals surface area contributed by atoms with E-state index in [1.54, 1.807) is 12.1 Å². The first-order chi connectivity index (χ1) is 12.1. The smallest absolute Gasteiger partial charge is 0.123 e. The molecule has 0 saturated carbocycles. The van der Waals surface area contributed by atoms with Crippen molar-refractivity contribution in [3.8, 4) is 6.07 Å². The van der Waals surface area contributed by atoms with E-state index in [1.165, 1.54) is 17.2 Å². The standard InChI is InChI=1S/C13H13FN2O.C6H12NO.Y/c14-12-3-1-10(2-4-12)13(9-15)11-5-7-16(17)8-6-11;1-7-6-2-4-8-5-3-6;/h1-4,17H,5-8H2;6H,2-5H2,1H3;/q;-1;. The minimum atomic E-state index is -0.304. The fourth-order valence-electron chi connectivity index (χ4n) is 2.92. The van der Waals surface area contributed by atoms with E-state index in [2.05, 4.69) is 11.4 Å². The van der Waals surface area contributed by atoms with Gasteiger partial charge in [-0.25, -0.2) is 4.39 Å². The summed E-state index contributed by atoms with van der Waals surface area (Å²) in [5.41, 5.74) is 2.39. The van der Waals surface area contributed by atoms with Crippen molar-refractivity contribution in [2.24, 2.45) is 0 Å². The van der Waals surface area contributed by atoms with Crippen molar-refractivity contribution in [1.29, 1.82) is 5.26 Å². The third kappa shape index (κ3) is 7.52. The second kappa shape index (κ2) is 12.7. The van der Waals surface area contributed by atoms with Gasteiger partial charge in [-0.2, -0.15) is 17.4 Å². The average molecular weight is 435 g/mol. The molecule has 2 aliphatic rings. The van der Waals surface area contributed by atoms with Crippen molar-refractivity contribution >= 4 is 5.57 Å². The average Bonchev–Trinajstić information content (AvgIpc) is 2.66. The van der Waals surface area contributed by atoms with E-state index < -0.39 is 0 Å². The van der Waals surface area contributed by atoms with E-state index in [1.807, 2.05) is 7.05 Å². The fraction of sp³-hybridized carbons (Fsp3) is 0.526. The summed E-state index contributed by atoms with van der Waals surface area (Å²) in [6.45, 7) is 2.90. The molecule has 26 heavy (non-hydrogen) atoms. The second-order valence-electron chi connectivity index (χ2n) is 6.15. The van der Waals surface area contributed by atoms with Crippen molar-refractivity contribution < 1.29 is 47.0 Å². The summed E-state index contributed by atoms with van der Waals surface area (Å²) in [6, 6.07) is 8.71. The summed E-state index contributed by atoms with van der Waals surface area (Å²) in [5.74, 6) is -0.304. The molecule has 0 atom stereocenters. The minimum absolute atomic E-state index is 0. The molecule has 2 aliphatic heterocycles. The summed E-state index contributed by atoms with van der Waals surface area (Å²) >= 11 is 0. The van der Waals surface area contributed by atoms with Crippen molar-refractivity contribution in [3.63, 3.8) is 0 Å². The quantitative estimate of drug-likeness (QED) is 0.719. The predicted molar refractivity (Wildman–Crippen MR) is 94.7 cm³/mol. The Balaban J connectivity index is 0.000000318. The van der Waals surface area contributed by atoms with Crippen LogP contribution in [0.2, 0.25) is 0 Å². The summed E-state index contributed by atoms with van der Waals surface area (Å²) in [7, 11) is 1.88. The van der Waals surface area contributed by atoms with E-state index in [9.17, 15) is 14.9 Å². The molecule has 0 spiro atoms. The number of ether oxygens (including phenoxy) is 1. The van der Waals surface area contributed by atoms with Crippen molar-refractivity contribution in [1.82, 2.24) is 5.06 Å². The first-order valence-electron chi connectivity index (χ1n) is 8.62. The van der Waals surface area contributed by atoms with Gasteiger partial charge in [0.2, 0.25) is 0 Å². The maximum absolute atomic E-state index is 12.8. The van der Waals surface area contributed by atoms with Gasteiger partial charge in [0.25, 0.3) is 0 Å². The Morgan fingerprint density at radius 2 is 1.81 bits per heavy atom. The molecule has 2 saturated heterocycles. The Labute approximate surface area is 180 Å². The summed E-state index contributed by atoms with van der Waals surface area (Å²) in [4.78, 5) is 0. The van der Waals surface area contributed by atoms with Gasteiger partial charge in [0, 0.05) is 59.0 Å². The maximum atomic E-state index is 12.8. The van der Waals surface area contributed by atoms with Gasteiger partial charge in [0.1, 0.15) is 5.82 Å². The van der Waals surface area contributed by atoms with Gasteiger partial charge in [-0.1, -0.05) is 12.1 Å². The third-order valence-corrected chi connectivity index (χ3v) is 4.50. The van der Waals surface area contributed by atoms with Crippen LogP contribution in [0.25, 0.3) is 10.9 Å². The van der Waals surface area contributed by atoms with Crippen LogP contribution < -0.4 is 0 Å². The number of piperidine rings is 1. The van der Waals surface area contributed by atoms with E-state index in [4.69, 9.17) is 4.74 Å². The topological polar surface area (TPSA) is 70.6 Å². The Morgan fingerprint density at radius 3 is 2.27 bits per heavy atom. The third-order valence-electron chi connectivity index (χ3n) is 4.50. The summed E-state index contributed by atoms with van der Waals surface area (Å²) in [5, 5.41) is 23.9. The number of hydrogen-bond donors (Lipinski definition) is 1. The van der Waals surface area contributed by atoms with Crippen molar-refractivity contribution in [2.45, 2.75) is 31.7 Å². The number of nitriles is 1. The number of benzene rings is 1. The van der Waals surface area contributed by atoms with Crippen LogP contribution in [0.15, 0.2) is 29.8 Å². The first-order valence-corrected chi connectivity index (χ1v) is 8.62. The Hall–Kier alpha value is -0.676. The number of allylic oxidation sites excluding steroid dienone is 1. The molecule has 5 nitrogen and oxygen atoms in total. The van der Waals surface area contributed by atoms with Gasteiger partial charge < -0.3 is 15.3 Å². The number of hydroxylamine groups is 2. The van der Waals surface area contributed by atoms with Crippen LogP contribution in [0.5, 0.6) is 0 Å². The molecule has 1 radical (unpaired) electrons. The number of nitrogens with zero attached hydrogens (tertiary/aromatic N) is 3. The Morgan fingerprint density at radius 1 is 1.23 bits per heavy atom. The molecule has 0 bridgehead atoms. The van der Waals surface area contributed by atoms with Crippen LogP contribution >= 0.6 is 0 Å². The van der Waals surface area contributed by atoms with E-state index in [0.29, 0.717) is 37.5 Å². The maximum Gasteiger partial charge on any atom is 0.123 e. The summed E-state index contributed by atoms with van der Waals surface area (Å²) < 4.78 is 18.0. The van der Waals surface area contributed by atoms with Gasteiger partial charge in [0.05, 0.1) is 11.6 Å². The SMILES string of the molecule is C[N-]C1CCOCC1.N#CC(=C1CCN(O)CC1)c1ccc(F)cc1.[Y]. The zero-order chi connectivity index (χ0) is 18.1. The van der Waals surface area contributed by atoms with Gasteiger partial charge in [-0.05, 0) is 49.0 Å². The molecule has 7 heteroatoms. The predicted octanol–water partition coefficient (Wildman–Crippen LogP) is 3.75. The molecule has 0 unspecified atom stereocenters. The number of rotatable bonds is 2. The Kier molecular flexibility index (Phi) is 11.4. The molecule has 139 valence electrons. The molecule has 0 aromatic heterocycles. The van der Waals surface area contributed by atoms with Crippen LogP contribution in [0.4, 0.5) is 4.39 Å². The monoisotopic (exact) mass is 435 g/mol. The van der Waals surface area contributed by atoms with Gasteiger partial charge >= 0.3 is 0 Å². The zero-order valence-electron chi connectivity index (χ0n) is 15.2. The first kappa shape index (κ1) is 23.4. The molecule has 0 aliphatic carbocycles. The molecular formula is C19H25FN3O2Y-. The molecule has 1 aromatic carbocycles. The Bertz CT molecular complexity index is 600. The normalized spacial score (nSPS) is 18.2. The van der Waals surface area contributed by atoms with Crippen LogP contribution in [0.3, 0.4) is 0 Å². The second-order valence-corrected chi connectivity index (χ2v) is 6.15. The molecule has 2 heterocycles. The zero-order valence-corrected chi connectivity index (χ0v) is 18.0. The van der Waals surface area contributed by atoms with Gasteiger partial charge in [-0.15, -0.1) is 6.04 Å². The molecule has 3 rings (SSSR count). The number of halogens is 1. The van der Waals surface area contributed by atoms with E-state index in [-0.39, 0.29) is 38.5 Å². The van der Waals surface area contributed by atoms with E-state index in [0.717, 1.165) is 37.2 Å². The van der Waals surface area contributed by atoms with Gasteiger partial charge in [-0.3, -0.25) is 0 Å². The largest absolute Gasteiger partial charge is 0.662 e. The molecular weight excluding hydrogens is 410 g/mol. The molecule has 1 N–H and O–H groups in total. The minimum Gasteiger partial charge on any atom is -0.662 e. The summed E-state index contributed by atoms with van der Waals surface area (Å²) in [6.07, 6.45) is 3.60. The van der Waals surface area contributed by atoms with Crippen LogP contribution in [0, 0.1) is 17.1 Å². The molecule has 0 amide bonds. The number of hydrogen-bond acceptors (Lipinski definition) is 4. The van der Waals surface area contributed by atoms with Crippen LogP contribution in [-0.2, 0) is 37.4 Å².